The number of amides is 1. The first-order valence-electron chi connectivity index (χ1n) is 9.59. The molecule has 3 aromatic rings. The predicted octanol–water partition coefficient (Wildman–Crippen LogP) is 4.29. The Labute approximate surface area is 199 Å². The van der Waals surface area contributed by atoms with Crippen LogP contribution in [-0.2, 0) is 14.8 Å². The number of halogens is 1. The topological polar surface area (TPSA) is 101 Å². The summed E-state index contributed by atoms with van der Waals surface area (Å²) in [6.07, 6.45) is -1.09. The second kappa shape index (κ2) is 9.26. The molecule has 0 aliphatic carbocycles. The summed E-state index contributed by atoms with van der Waals surface area (Å²) in [5, 5.41) is 11.7. The summed E-state index contributed by atoms with van der Waals surface area (Å²) < 4.78 is 34.4. The van der Waals surface area contributed by atoms with E-state index in [1.807, 2.05) is 13.8 Å². The van der Waals surface area contributed by atoms with Crippen LogP contribution in [0.25, 0.3) is 0 Å². The summed E-state index contributed by atoms with van der Waals surface area (Å²) in [5.74, 6) is -0.273. The number of fused-ring (bicyclic) bond motifs is 1. The Bertz CT molecular complexity index is 1230. The lowest BCUT2D eigenvalue weighted by Crippen LogP contribution is -2.48. The molecule has 0 bridgehead atoms. The van der Waals surface area contributed by atoms with Gasteiger partial charge in [-0.2, -0.15) is 0 Å². The highest BCUT2D eigenvalue weighted by Crippen LogP contribution is 2.39. The molecule has 0 unspecified atom stereocenters. The van der Waals surface area contributed by atoms with Gasteiger partial charge < -0.3 is 4.74 Å². The van der Waals surface area contributed by atoms with Crippen molar-refractivity contribution in [1.29, 1.82) is 0 Å². The average Bonchev–Trinajstić information content (AvgIpc) is 3.19. The number of sulfonamides is 1. The van der Waals surface area contributed by atoms with Gasteiger partial charge in [0, 0.05) is 10.3 Å². The highest BCUT2D eigenvalue weighted by atomic mass is 35.5. The van der Waals surface area contributed by atoms with Crippen LogP contribution in [0.15, 0.2) is 57.8 Å². The van der Waals surface area contributed by atoms with Gasteiger partial charge in [0.05, 0.1) is 17.1 Å². The minimum Gasteiger partial charge on any atom is -0.476 e. The minimum atomic E-state index is -3.95. The van der Waals surface area contributed by atoms with E-state index in [1.165, 1.54) is 41.3 Å². The summed E-state index contributed by atoms with van der Waals surface area (Å²) in [6.45, 7) is 3.85. The fraction of sp³-hybridized carbons (Fsp3) is 0.250. The number of hydrogen-bond donors (Lipinski definition) is 1. The van der Waals surface area contributed by atoms with Gasteiger partial charge in [0.15, 0.2) is 10.4 Å². The molecule has 0 spiro atoms. The van der Waals surface area contributed by atoms with Crippen molar-refractivity contribution in [3.05, 3.63) is 53.6 Å². The molecule has 1 atom stereocenters. The molecule has 1 N–H and O–H groups in total. The SMILES string of the molecule is CC(C)Sc1nnc(NC(=O)[C@@H]2CN(S(=O)(=O)c3ccccc3)c3cc(Cl)ccc3O2)s1. The van der Waals surface area contributed by atoms with E-state index in [0.717, 1.165) is 8.64 Å². The molecule has 2 aromatic carbocycles. The van der Waals surface area contributed by atoms with E-state index in [4.69, 9.17) is 16.3 Å². The number of anilines is 2. The second-order valence-corrected chi connectivity index (χ2v) is 12.2. The fourth-order valence-corrected chi connectivity index (χ4v) is 6.64. The smallest absolute Gasteiger partial charge is 0.269 e. The van der Waals surface area contributed by atoms with Crippen molar-refractivity contribution in [3.8, 4) is 5.75 Å². The first-order valence-corrected chi connectivity index (χ1v) is 13.1. The fourth-order valence-electron chi connectivity index (χ4n) is 3.00. The summed E-state index contributed by atoms with van der Waals surface area (Å²) >= 11 is 8.90. The number of rotatable bonds is 6. The molecule has 1 aliphatic rings. The van der Waals surface area contributed by atoms with Crippen molar-refractivity contribution in [2.45, 2.75) is 34.4 Å². The van der Waals surface area contributed by atoms with E-state index in [-0.39, 0.29) is 22.9 Å². The number of aromatic nitrogens is 2. The molecule has 0 radical (unpaired) electrons. The van der Waals surface area contributed by atoms with Crippen LogP contribution in [-0.4, -0.2) is 42.4 Å². The van der Waals surface area contributed by atoms with Gasteiger partial charge >= 0.3 is 0 Å². The highest BCUT2D eigenvalue weighted by Gasteiger charge is 2.38. The van der Waals surface area contributed by atoms with E-state index in [9.17, 15) is 13.2 Å². The van der Waals surface area contributed by atoms with E-state index >= 15 is 0 Å². The van der Waals surface area contributed by atoms with Crippen LogP contribution >= 0.6 is 34.7 Å². The maximum Gasteiger partial charge on any atom is 0.269 e. The first kappa shape index (κ1) is 22.8. The molecule has 1 aliphatic heterocycles. The molecule has 2 heterocycles. The molecule has 8 nitrogen and oxygen atoms in total. The summed E-state index contributed by atoms with van der Waals surface area (Å²) in [6, 6.07) is 12.6. The Morgan fingerprint density at radius 3 is 2.72 bits per heavy atom. The van der Waals surface area contributed by atoms with Gasteiger partial charge in [-0.15, -0.1) is 10.2 Å². The zero-order valence-electron chi connectivity index (χ0n) is 17.1. The number of hydrogen-bond acceptors (Lipinski definition) is 8. The Morgan fingerprint density at radius 1 is 1.25 bits per heavy atom. The van der Waals surface area contributed by atoms with Gasteiger partial charge in [-0.25, -0.2) is 8.42 Å². The molecule has 1 aromatic heterocycles. The third-order valence-corrected chi connectivity index (χ3v) is 8.34. The lowest BCUT2D eigenvalue weighted by molar-refractivity contribution is -0.122. The van der Waals surface area contributed by atoms with Gasteiger partial charge in [-0.3, -0.25) is 14.4 Å². The molecule has 32 heavy (non-hydrogen) atoms. The Balaban J connectivity index is 1.62. The van der Waals surface area contributed by atoms with Crippen LogP contribution in [0.3, 0.4) is 0 Å². The standard InChI is InChI=1S/C20H19ClN4O4S3/c1-12(2)30-20-24-23-19(31-20)22-18(26)17-11-25(15-10-13(21)8-9-16(15)29-17)32(27,28)14-6-4-3-5-7-14/h3-10,12,17H,11H2,1-2H3,(H,22,23,26)/t17-/m0/s1. The zero-order valence-corrected chi connectivity index (χ0v) is 20.3. The van der Waals surface area contributed by atoms with Crippen molar-refractivity contribution < 1.29 is 17.9 Å². The normalized spacial score (nSPS) is 15.9. The molecular formula is C20H19ClN4O4S3. The molecule has 168 valence electrons. The molecular weight excluding hydrogens is 492 g/mol. The summed E-state index contributed by atoms with van der Waals surface area (Å²) in [4.78, 5) is 13.0. The maximum atomic E-state index is 13.4. The number of ether oxygens (including phenoxy) is 1. The molecule has 0 fully saturated rings. The van der Waals surface area contributed by atoms with Crippen LogP contribution < -0.4 is 14.4 Å². The van der Waals surface area contributed by atoms with Crippen molar-refractivity contribution in [2.24, 2.45) is 0 Å². The van der Waals surface area contributed by atoms with Gasteiger partial charge in [0.25, 0.3) is 15.9 Å². The Morgan fingerprint density at radius 2 is 2.00 bits per heavy atom. The van der Waals surface area contributed by atoms with Crippen molar-refractivity contribution >= 4 is 61.4 Å². The number of benzene rings is 2. The Kier molecular flexibility index (Phi) is 6.61. The van der Waals surface area contributed by atoms with Crippen molar-refractivity contribution in [2.75, 3.05) is 16.2 Å². The highest BCUT2D eigenvalue weighted by molar-refractivity contribution is 8.01. The second-order valence-electron chi connectivity index (χ2n) is 7.10. The number of thioether (sulfide) groups is 1. The van der Waals surface area contributed by atoms with E-state index < -0.39 is 22.0 Å². The molecule has 4 rings (SSSR count). The van der Waals surface area contributed by atoms with Crippen LogP contribution in [0, 0.1) is 0 Å². The van der Waals surface area contributed by atoms with Crippen molar-refractivity contribution in [1.82, 2.24) is 10.2 Å². The monoisotopic (exact) mass is 510 g/mol. The minimum absolute atomic E-state index is 0.103. The van der Waals surface area contributed by atoms with Gasteiger partial charge in [-0.1, -0.05) is 66.7 Å². The van der Waals surface area contributed by atoms with Gasteiger partial charge in [-0.05, 0) is 30.3 Å². The number of nitrogens with zero attached hydrogens (tertiary/aromatic N) is 3. The Hall–Kier alpha value is -2.34. The lowest BCUT2D eigenvalue weighted by Gasteiger charge is -2.34. The molecule has 0 saturated heterocycles. The van der Waals surface area contributed by atoms with Gasteiger partial charge in [0.1, 0.15) is 5.75 Å². The molecule has 1 amide bonds. The van der Waals surface area contributed by atoms with Crippen LogP contribution in [0.5, 0.6) is 5.75 Å². The third-order valence-electron chi connectivity index (χ3n) is 4.39. The molecule has 12 heteroatoms. The van der Waals surface area contributed by atoms with E-state index in [2.05, 4.69) is 15.5 Å². The summed E-state index contributed by atoms with van der Waals surface area (Å²) in [5.41, 5.74) is 0.275. The number of carbonyl (C=O) groups is 1. The predicted molar refractivity (Wildman–Crippen MR) is 126 cm³/mol. The lowest BCUT2D eigenvalue weighted by atomic mass is 10.2. The quantitative estimate of drug-likeness (QED) is 0.390. The first-order chi connectivity index (χ1) is 15.2. The van der Waals surface area contributed by atoms with Crippen LogP contribution in [0.2, 0.25) is 5.02 Å². The van der Waals surface area contributed by atoms with Crippen molar-refractivity contribution in [3.63, 3.8) is 0 Å². The summed E-state index contributed by atoms with van der Waals surface area (Å²) in [7, 11) is -3.95. The van der Waals surface area contributed by atoms with Gasteiger partial charge in [0.2, 0.25) is 5.13 Å². The number of nitrogens with one attached hydrogen (secondary N) is 1. The zero-order chi connectivity index (χ0) is 22.9. The van der Waals surface area contributed by atoms with E-state index in [0.29, 0.717) is 15.4 Å². The third kappa shape index (κ3) is 4.85. The largest absolute Gasteiger partial charge is 0.476 e. The van der Waals surface area contributed by atoms with Crippen LogP contribution in [0.1, 0.15) is 13.8 Å². The van der Waals surface area contributed by atoms with E-state index in [1.54, 1.807) is 30.3 Å². The van der Waals surface area contributed by atoms with Crippen LogP contribution in [0.4, 0.5) is 10.8 Å². The average molecular weight is 511 g/mol. The maximum absolute atomic E-state index is 13.4. The number of carbonyl (C=O) groups excluding carboxylic acids is 1. The molecule has 0 saturated carbocycles.